The molecular formula is C11H14N2S. The molecule has 0 amide bonds. The van der Waals surface area contributed by atoms with Crippen LogP contribution in [-0.2, 0) is 13.0 Å². The molecule has 74 valence electrons. The summed E-state index contributed by atoms with van der Waals surface area (Å²) in [4.78, 5) is 4.01. The van der Waals surface area contributed by atoms with Crippen LogP contribution in [0.15, 0.2) is 11.4 Å². The number of nitriles is 1. The monoisotopic (exact) mass is 206 g/mol. The van der Waals surface area contributed by atoms with E-state index in [0.717, 1.165) is 19.5 Å². The summed E-state index contributed by atoms with van der Waals surface area (Å²) >= 11 is 1.88. The summed E-state index contributed by atoms with van der Waals surface area (Å²) in [7, 11) is 0. The number of fused-ring (bicyclic) bond motifs is 1. The molecule has 0 aromatic carbocycles. The summed E-state index contributed by atoms with van der Waals surface area (Å²) < 4.78 is 0. The Balaban J connectivity index is 1.86. The first-order valence-corrected chi connectivity index (χ1v) is 5.92. The van der Waals surface area contributed by atoms with Gasteiger partial charge in [0.2, 0.25) is 0 Å². The molecule has 0 saturated carbocycles. The fourth-order valence-electron chi connectivity index (χ4n) is 1.88. The first-order valence-electron chi connectivity index (χ1n) is 5.04. The highest BCUT2D eigenvalue weighted by atomic mass is 32.1. The molecular weight excluding hydrogens is 192 g/mol. The highest BCUT2D eigenvalue weighted by Crippen LogP contribution is 2.23. The van der Waals surface area contributed by atoms with Crippen molar-refractivity contribution in [2.75, 3.05) is 13.1 Å². The second kappa shape index (κ2) is 4.59. The van der Waals surface area contributed by atoms with Gasteiger partial charge in [0, 0.05) is 24.4 Å². The van der Waals surface area contributed by atoms with Gasteiger partial charge in [-0.2, -0.15) is 5.26 Å². The Morgan fingerprint density at radius 3 is 3.36 bits per heavy atom. The third-order valence-electron chi connectivity index (χ3n) is 2.65. The molecule has 3 heteroatoms. The minimum Gasteiger partial charge on any atom is -0.299 e. The number of hydrogen-bond donors (Lipinski definition) is 0. The van der Waals surface area contributed by atoms with Gasteiger partial charge in [0.15, 0.2) is 0 Å². The van der Waals surface area contributed by atoms with E-state index in [-0.39, 0.29) is 0 Å². The van der Waals surface area contributed by atoms with Gasteiger partial charge in [-0.3, -0.25) is 4.90 Å². The third-order valence-corrected chi connectivity index (χ3v) is 3.67. The Kier molecular flexibility index (Phi) is 3.18. The summed E-state index contributed by atoms with van der Waals surface area (Å²) in [6.07, 6.45) is 2.89. The fraction of sp³-hybridized carbons (Fsp3) is 0.545. The molecule has 1 aromatic heterocycles. The van der Waals surface area contributed by atoms with Gasteiger partial charge in [-0.15, -0.1) is 11.3 Å². The van der Waals surface area contributed by atoms with E-state index in [9.17, 15) is 0 Å². The lowest BCUT2D eigenvalue weighted by molar-refractivity contribution is 0.254. The summed E-state index contributed by atoms with van der Waals surface area (Å²) in [5.41, 5.74) is 1.50. The molecule has 2 nitrogen and oxygen atoms in total. The standard InChI is InChI=1S/C11H14N2S/c12-5-1-2-6-13-7-3-11-10(9-13)4-8-14-11/h4,8H,1-3,6-7,9H2. The zero-order chi connectivity index (χ0) is 9.80. The molecule has 2 heterocycles. The predicted octanol–water partition coefficient (Wildman–Crippen LogP) is 2.41. The van der Waals surface area contributed by atoms with Gasteiger partial charge in [-0.25, -0.2) is 0 Å². The molecule has 1 aliphatic rings. The Hall–Kier alpha value is -0.850. The van der Waals surface area contributed by atoms with Crippen molar-refractivity contribution in [2.24, 2.45) is 0 Å². The number of rotatable bonds is 3. The van der Waals surface area contributed by atoms with Crippen LogP contribution in [0.5, 0.6) is 0 Å². The van der Waals surface area contributed by atoms with Gasteiger partial charge in [0.25, 0.3) is 0 Å². The van der Waals surface area contributed by atoms with Crippen molar-refractivity contribution in [1.82, 2.24) is 4.90 Å². The van der Waals surface area contributed by atoms with Gasteiger partial charge in [-0.1, -0.05) is 0 Å². The molecule has 0 aliphatic carbocycles. The highest BCUT2D eigenvalue weighted by molar-refractivity contribution is 7.10. The zero-order valence-electron chi connectivity index (χ0n) is 8.20. The van der Waals surface area contributed by atoms with Crippen molar-refractivity contribution >= 4 is 11.3 Å². The van der Waals surface area contributed by atoms with Crippen molar-refractivity contribution in [2.45, 2.75) is 25.8 Å². The van der Waals surface area contributed by atoms with Crippen LogP contribution in [0.25, 0.3) is 0 Å². The lowest BCUT2D eigenvalue weighted by Crippen LogP contribution is -2.30. The first-order chi connectivity index (χ1) is 6.90. The lowest BCUT2D eigenvalue weighted by atomic mass is 10.1. The third kappa shape index (κ3) is 2.14. The first kappa shape index (κ1) is 9.70. The minimum absolute atomic E-state index is 0.687. The highest BCUT2D eigenvalue weighted by Gasteiger charge is 2.15. The molecule has 0 fully saturated rings. The molecule has 2 rings (SSSR count). The molecule has 0 spiro atoms. The van der Waals surface area contributed by atoms with E-state index in [2.05, 4.69) is 22.4 Å². The van der Waals surface area contributed by atoms with E-state index in [1.807, 2.05) is 11.3 Å². The second-order valence-corrected chi connectivity index (χ2v) is 4.66. The van der Waals surface area contributed by atoms with Crippen LogP contribution >= 0.6 is 11.3 Å². The predicted molar refractivity (Wildman–Crippen MR) is 58.1 cm³/mol. The molecule has 0 bridgehead atoms. The van der Waals surface area contributed by atoms with Gasteiger partial charge in [0.05, 0.1) is 6.07 Å². The van der Waals surface area contributed by atoms with E-state index >= 15 is 0 Å². The topological polar surface area (TPSA) is 27.0 Å². The largest absolute Gasteiger partial charge is 0.299 e. The Labute approximate surface area is 88.8 Å². The van der Waals surface area contributed by atoms with Gasteiger partial charge >= 0.3 is 0 Å². The number of nitrogens with zero attached hydrogens (tertiary/aromatic N) is 2. The summed E-state index contributed by atoms with van der Waals surface area (Å²) in [6, 6.07) is 4.43. The maximum atomic E-state index is 8.45. The molecule has 0 unspecified atom stereocenters. The van der Waals surface area contributed by atoms with E-state index in [0.29, 0.717) is 6.42 Å². The van der Waals surface area contributed by atoms with E-state index in [1.54, 1.807) is 4.88 Å². The van der Waals surface area contributed by atoms with Crippen LogP contribution in [0.3, 0.4) is 0 Å². The Bertz CT molecular complexity index is 337. The maximum absolute atomic E-state index is 8.45. The number of unbranched alkanes of at least 4 members (excludes halogenated alkanes) is 1. The van der Waals surface area contributed by atoms with Crippen LogP contribution in [0.1, 0.15) is 23.3 Å². The van der Waals surface area contributed by atoms with Crippen LogP contribution in [0.2, 0.25) is 0 Å². The van der Waals surface area contributed by atoms with Crippen LogP contribution in [0.4, 0.5) is 0 Å². The van der Waals surface area contributed by atoms with Crippen molar-refractivity contribution in [3.8, 4) is 6.07 Å². The van der Waals surface area contributed by atoms with Crippen molar-refractivity contribution in [3.05, 3.63) is 21.9 Å². The van der Waals surface area contributed by atoms with Gasteiger partial charge < -0.3 is 0 Å². The van der Waals surface area contributed by atoms with Crippen molar-refractivity contribution < 1.29 is 0 Å². The van der Waals surface area contributed by atoms with Crippen LogP contribution in [-0.4, -0.2) is 18.0 Å². The van der Waals surface area contributed by atoms with Crippen LogP contribution in [0, 0.1) is 11.3 Å². The van der Waals surface area contributed by atoms with Gasteiger partial charge in [0.1, 0.15) is 0 Å². The van der Waals surface area contributed by atoms with E-state index in [4.69, 9.17) is 5.26 Å². The normalized spacial score (nSPS) is 16.2. The summed E-state index contributed by atoms with van der Waals surface area (Å²) in [6.45, 7) is 3.33. The fourth-order valence-corrected chi connectivity index (χ4v) is 2.77. The zero-order valence-corrected chi connectivity index (χ0v) is 9.02. The Morgan fingerprint density at radius 2 is 2.50 bits per heavy atom. The average Bonchev–Trinajstić information content (AvgIpc) is 2.65. The Morgan fingerprint density at radius 1 is 1.57 bits per heavy atom. The molecule has 0 radical (unpaired) electrons. The minimum atomic E-state index is 0.687. The maximum Gasteiger partial charge on any atom is 0.0622 e. The number of hydrogen-bond acceptors (Lipinski definition) is 3. The van der Waals surface area contributed by atoms with E-state index < -0.39 is 0 Å². The van der Waals surface area contributed by atoms with Gasteiger partial charge in [-0.05, 0) is 36.4 Å². The van der Waals surface area contributed by atoms with Crippen molar-refractivity contribution in [1.29, 1.82) is 5.26 Å². The lowest BCUT2D eigenvalue weighted by Gasteiger charge is -2.26. The molecule has 0 N–H and O–H groups in total. The summed E-state index contributed by atoms with van der Waals surface area (Å²) in [5, 5.41) is 10.6. The quantitative estimate of drug-likeness (QED) is 0.710. The average molecular weight is 206 g/mol. The molecule has 0 atom stereocenters. The molecule has 14 heavy (non-hydrogen) atoms. The van der Waals surface area contributed by atoms with Crippen molar-refractivity contribution in [3.63, 3.8) is 0 Å². The molecule has 1 aliphatic heterocycles. The molecule has 0 saturated heterocycles. The SMILES string of the molecule is N#CCCCN1CCc2sccc2C1. The summed E-state index contributed by atoms with van der Waals surface area (Å²) in [5.74, 6) is 0. The smallest absolute Gasteiger partial charge is 0.0622 e. The number of thiophene rings is 1. The van der Waals surface area contributed by atoms with Crippen LogP contribution < -0.4 is 0 Å². The van der Waals surface area contributed by atoms with E-state index in [1.165, 1.54) is 18.5 Å². The second-order valence-electron chi connectivity index (χ2n) is 3.66. The molecule has 1 aromatic rings.